The Hall–Kier alpha value is -3.02. The summed E-state index contributed by atoms with van der Waals surface area (Å²) in [5, 5.41) is 19.5. The Morgan fingerprint density at radius 1 is 0.650 bits per heavy atom. The predicted octanol–water partition coefficient (Wildman–Crippen LogP) is 2.05. The van der Waals surface area contributed by atoms with Gasteiger partial charge in [0, 0.05) is 5.39 Å². The predicted molar refractivity (Wildman–Crippen MR) is 74.7 cm³/mol. The zero-order valence-electron chi connectivity index (χ0n) is 10.5. The molecule has 0 fully saturated rings. The highest BCUT2D eigenvalue weighted by Crippen LogP contribution is 2.05. The van der Waals surface area contributed by atoms with Gasteiger partial charge in [-0.05, 0) is 23.4 Å². The minimum Gasteiger partial charge on any atom is -0.233 e. The summed E-state index contributed by atoms with van der Waals surface area (Å²) in [6, 6.07) is 15.4. The largest absolute Gasteiger partial charge is 0.233 e. The number of fused-ring (bicyclic) bond motifs is 2. The number of hydrogen-bond acceptors (Lipinski definition) is 6. The number of rotatable bonds is 0. The molecule has 6 nitrogen and oxygen atoms in total. The summed E-state index contributed by atoms with van der Waals surface area (Å²) in [7, 11) is 0. The van der Waals surface area contributed by atoms with Gasteiger partial charge in [0.25, 0.3) is 0 Å². The molecule has 6 heteroatoms. The SMILES string of the molecule is c1ccc2nncnc2c1.c1ccc2nnncc2c1. The van der Waals surface area contributed by atoms with Crippen LogP contribution in [0.2, 0.25) is 0 Å². The standard InChI is InChI=1S/2C7H5N3/c1-2-4-7-6(3-1)8-5-9-10-7;1-2-4-7-6(3-1)5-8-10-9-7/h2*1-5H. The van der Waals surface area contributed by atoms with E-state index in [0.717, 1.165) is 21.9 Å². The van der Waals surface area contributed by atoms with Crippen LogP contribution in [0.1, 0.15) is 0 Å². The van der Waals surface area contributed by atoms with Gasteiger partial charge in [0.2, 0.25) is 0 Å². The van der Waals surface area contributed by atoms with Crippen molar-refractivity contribution in [2.45, 2.75) is 0 Å². The topological polar surface area (TPSA) is 77.3 Å². The van der Waals surface area contributed by atoms with Crippen LogP contribution in [0, 0.1) is 0 Å². The van der Waals surface area contributed by atoms with Crippen molar-refractivity contribution in [2.75, 3.05) is 0 Å². The zero-order chi connectivity index (χ0) is 13.6. The second kappa shape index (κ2) is 5.75. The Morgan fingerprint density at radius 2 is 1.40 bits per heavy atom. The van der Waals surface area contributed by atoms with Crippen molar-refractivity contribution < 1.29 is 0 Å². The fourth-order valence-electron chi connectivity index (χ4n) is 1.68. The Labute approximate surface area is 114 Å². The van der Waals surface area contributed by atoms with E-state index >= 15 is 0 Å². The summed E-state index contributed by atoms with van der Waals surface area (Å²) in [6.45, 7) is 0. The highest BCUT2D eigenvalue weighted by Gasteiger charge is 1.90. The van der Waals surface area contributed by atoms with Gasteiger partial charge in [-0.3, -0.25) is 0 Å². The second-order valence-corrected chi connectivity index (χ2v) is 3.94. The van der Waals surface area contributed by atoms with Crippen LogP contribution in [-0.2, 0) is 0 Å². The third-order valence-electron chi connectivity index (χ3n) is 2.63. The molecular weight excluding hydrogens is 252 g/mol. The Bertz CT molecular complexity index is 631. The molecule has 2 aromatic carbocycles. The first-order valence-electron chi connectivity index (χ1n) is 5.99. The molecule has 0 radical (unpaired) electrons. The maximum absolute atomic E-state index is 4.01. The van der Waals surface area contributed by atoms with Crippen LogP contribution in [0.25, 0.3) is 21.9 Å². The highest BCUT2D eigenvalue weighted by atomic mass is 15.3. The number of benzene rings is 2. The van der Waals surface area contributed by atoms with Gasteiger partial charge < -0.3 is 0 Å². The molecular formula is C14H10N6. The Kier molecular flexibility index (Phi) is 3.46. The Balaban J connectivity index is 0.000000121. The molecule has 0 spiro atoms. The zero-order valence-corrected chi connectivity index (χ0v) is 10.5. The van der Waals surface area contributed by atoms with E-state index in [1.807, 2.05) is 48.5 Å². The van der Waals surface area contributed by atoms with Gasteiger partial charge in [-0.25, -0.2) is 4.98 Å². The van der Waals surface area contributed by atoms with Gasteiger partial charge in [0.1, 0.15) is 11.8 Å². The second-order valence-electron chi connectivity index (χ2n) is 3.94. The van der Waals surface area contributed by atoms with Crippen LogP contribution in [0.5, 0.6) is 0 Å². The number of aromatic nitrogens is 6. The molecule has 0 atom stereocenters. The van der Waals surface area contributed by atoms with Crippen molar-refractivity contribution in [1.29, 1.82) is 0 Å². The first kappa shape index (κ1) is 12.0. The summed E-state index contributed by atoms with van der Waals surface area (Å²) in [4.78, 5) is 4.01. The van der Waals surface area contributed by atoms with E-state index in [9.17, 15) is 0 Å². The maximum Gasteiger partial charge on any atom is 0.138 e. The lowest BCUT2D eigenvalue weighted by Gasteiger charge is -1.89. The van der Waals surface area contributed by atoms with Gasteiger partial charge in [-0.15, -0.1) is 20.4 Å². The van der Waals surface area contributed by atoms with Crippen LogP contribution in [0.4, 0.5) is 0 Å². The van der Waals surface area contributed by atoms with Gasteiger partial charge in [0.05, 0.1) is 17.2 Å². The van der Waals surface area contributed by atoms with Gasteiger partial charge in [0.15, 0.2) is 0 Å². The van der Waals surface area contributed by atoms with Gasteiger partial charge in [-0.2, -0.15) is 0 Å². The Morgan fingerprint density at radius 3 is 2.20 bits per heavy atom. The van der Waals surface area contributed by atoms with E-state index in [2.05, 4.69) is 30.6 Å². The third-order valence-corrected chi connectivity index (χ3v) is 2.63. The lowest BCUT2D eigenvalue weighted by molar-refractivity contribution is 0.895. The molecule has 0 aliphatic carbocycles. The molecule has 0 N–H and O–H groups in total. The summed E-state index contributed by atoms with van der Waals surface area (Å²) in [5.41, 5.74) is 2.61. The number of hydrogen-bond donors (Lipinski definition) is 0. The van der Waals surface area contributed by atoms with Crippen molar-refractivity contribution in [3.05, 3.63) is 61.1 Å². The van der Waals surface area contributed by atoms with Crippen molar-refractivity contribution in [1.82, 2.24) is 30.6 Å². The molecule has 20 heavy (non-hydrogen) atoms. The van der Waals surface area contributed by atoms with E-state index in [0.29, 0.717) is 0 Å². The number of nitrogens with zero attached hydrogens (tertiary/aromatic N) is 6. The van der Waals surface area contributed by atoms with Crippen molar-refractivity contribution in [3.8, 4) is 0 Å². The summed E-state index contributed by atoms with van der Waals surface area (Å²) < 4.78 is 0. The fraction of sp³-hybridized carbons (Fsp3) is 0. The molecule has 0 amide bonds. The van der Waals surface area contributed by atoms with E-state index in [1.54, 1.807) is 6.20 Å². The first-order valence-corrected chi connectivity index (χ1v) is 5.99. The molecule has 2 aromatic heterocycles. The molecule has 0 bridgehead atoms. The quantitative estimate of drug-likeness (QED) is 0.482. The molecule has 0 aliphatic rings. The molecule has 4 aromatic rings. The van der Waals surface area contributed by atoms with Crippen molar-refractivity contribution in [2.24, 2.45) is 0 Å². The van der Waals surface area contributed by atoms with Crippen LogP contribution in [0.15, 0.2) is 61.1 Å². The van der Waals surface area contributed by atoms with E-state index in [4.69, 9.17) is 0 Å². The van der Waals surface area contributed by atoms with E-state index in [-0.39, 0.29) is 0 Å². The van der Waals surface area contributed by atoms with Crippen LogP contribution >= 0.6 is 0 Å². The molecule has 0 unspecified atom stereocenters. The highest BCUT2D eigenvalue weighted by molar-refractivity contribution is 5.76. The fourth-order valence-corrected chi connectivity index (χ4v) is 1.68. The third kappa shape index (κ3) is 2.69. The summed E-state index contributed by atoms with van der Waals surface area (Å²) in [5.74, 6) is 0. The lowest BCUT2D eigenvalue weighted by atomic mass is 10.2. The average molecular weight is 262 g/mol. The molecule has 0 saturated carbocycles. The van der Waals surface area contributed by atoms with Crippen molar-refractivity contribution in [3.63, 3.8) is 0 Å². The van der Waals surface area contributed by atoms with E-state index in [1.165, 1.54) is 6.33 Å². The van der Waals surface area contributed by atoms with Gasteiger partial charge >= 0.3 is 0 Å². The summed E-state index contributed by atoms with van der Waals surface area (Å²) in [6.07, 6.45) is 3.14. The van der Waals surface area contributed by atoms with Crippen LogP contribution in [-0.4, -0.2) is 30.6 Å². The smallest absolute Gasteiger partial charge is 0.138 e. The van der Waals surface area contributed by atoms with E-state index < -0.39 is 0 Å². The van der Waals surface area contributed by atoms with Crippen LogP contribution in [0.3, 0.4) is 0 Å². The van der Waals surface area contributed by atoms with Crippen molar-refractivity contribution >= 4 is 21.9 Å². The minimum absolute atomic E-state index is 0.838. The monoisotopic (exact) mass is 262 g/mol. The molecule has 96 valence electrons. The summed E-state index contributed by atoms with van der Waals surface area (Å²) >= 11 is 0. The molecule has 0 aliphatic heterocycles. The maximum atomic E-state index is 4.01. The normalized spacial score (nSPS) is 10.0. The van der Waals surface area contributed by atoms with Crippen LogP contribution < -0.4 is 0 Å². The minimum atomic E-state index is 0.838. The molecule has 0 saturated heterocycles. The first-order chi connectivity index (χ1) is 9.93. The molecule has 4 rings (SSSR count). The average Bonchev–Trinajstić information content (AvgIpc) is 2.56. The van der Waals surface area contributed by atoms with Gasteiger partial charge in [-0.1, -0.05) is 30.3 Å². The molecule has 2 heterocycles. The lowest BCUT2D eigenvalue weighted by Crippen LogP contribution is -1.85. The number of para-hydroxylation sites is 1.